The zero-order valence-corrected chi connectivity index (χ0v) is 10.6. The van der Waals surface area contributed by atoms with Crippen molar-refractivity contribution in [3.05, 3.63) is 38.7 Å². The molecule has 0 fully saturated rings. The van der Waals surface area contributed by atoms with E-state index >= 15 is 0 Å². The molecular weight excluding hydrogens is 246 g/mol. The van der Waals surface area contributed by atoms with Crippen molar-refractivity contribution in [2.45, 2.75) is 26.4 Å². The molecule has 86 valence electrons. The van der Waals surface area contributed by atoms with Gasteiger partial charge in [-0.15, -0.1) is 11.3 Å². The van der Waals surface area contributed by atoms with Gasteiger partial charge in [0.1, 0.15) is 0 Å². The van der Waals surface area contributed by atoms with Gasteiger partial charge in [0.2, 0.25) is 0 Å². The van der Waals surface area contributed by atoms with Gasteiger partial charge in [0.05, 0.1) is 23.1 Å². The second-order valence-electron chi connectivity index (χ2n) is 3.62. The molecule has 0 aliphatic rings. The first-order valence-corrected chi connectivity index (χ1v) is 6.11. The van der Waals surface area contributed by atoms with Crippen LogP contribution in [0, 0.1) is 13.8 Å². The Labute approximate surface area is 103 Å². The number of rotatable bonds is 3. The summed E-state index contributed by atoms with van der Waals surface area (Å²) in [6.07, 6.45) is 1.29. The lowest BCUT2D eigenvalue weighted by molar-refractivity contribution is 0.177. The van der Waals surface area contributed by atoms with Gasteiger partial charge in [-0.05, 0) is 31.5 Å². The monoisotopic (exact) mass is 257 g/mol. The van der Waals surface area contributed by atoms with E-state index in [4.69, 9.17) is 16.0 Å². The van der Waals surface area contributed by atoms with E-state index in [0.717, 1.165) is 10.7 Å². The highest BCUT2D eigenvalue weighted by Crippen LogP contribution is 2.28. The Morgan fingerprint density at radius 1 is 1.56 bits per heavy atom. The summed E-state index contributed by atoms with van der Waals surface area (Å²) in [4.78, 5) is 5.56. The number of furan rings is 1. The molecule has 1 N–H and O–H groups in total. The predicted octanol–water partition coefficient (Wildman–Crippen LogP) is 3.28. The van der Waals surface area contributed by atoms with E-state index in [2.05, 4.69) is 4.98 Å². The van der Waals surface area contributed by atoms with Crippen LogP contribution in [0.25, 0.3) is 0 Å². The second kappa shape index (κ2) is 4.57. The summed E-state index contributed by atoms with van der Waals surface area (Å²) in [5.74, 6) is 0. The maximum absolute atomic E-state index is 9.97. The van der Waals surface area contributed by atoms with Crippen molar-refractivity contribution < 1.29 is 9.52 Å². The Bertz CT molecular complexity index is 472. The minimum absolute atomic E-state index is 0.248. The molecule has 0 aliphatic heterocycles. The molecule has 0 saturated heterocycles. The van der Waals surface area contributed by atoms with Gasteiger partial charge in [0.25, 0.3) is 0 Å². The molecule has 0 radical (unpaired) electrons. The van der Waals surface area contributed by atoms with Gasteiger partial charge >= 0.3 is 0 Å². The smallest absolute Gasteiger partial charge is 0.198 e. The molecule has 2 aromatic rings. The number of halogens is 1. The number of thiazole rings is 1. The molecule has 2 aromatic heterocycles. The topological polar surface area (TPSA) is 46.3 Å². The largest absolute Gasteiger partial charge is 0.453 e. The molecule has 3 nitrogen and oxygen atoms in total. The first-order chi connectivity index (χ1) is 7.58. The zero-order chi connectivity index (χ0) is 11.7. The number of aliphatic hydroxyl groups excluding tert-OH is 1. The van der Waals surface area contributed by atoms with Crippen LogP contribution in [0.2, 0.25) is 5.22 Å². The highest BCUT2D eigenvalue weighted by atomic mass is 35.5. The quantitative estimate of drug-likeness (QED) is 0.918. The van der Waals surface area contributed by atoms with E-state index in [1.807, 2.05) is 13.8 Å². The molecule has 0 spiro atoms. The summed E-state index contributed by atoms with van der Waals surface area (Å²) < 4.78 is 4.94. The first kappa shape index (κ1) is 11.6. The van der Waals surface area contributed by atoms with Crippen molar-refractivity contribution in [2.75, 3.05) is 0 Å². The van der Waals surface area contributed by atoms with Gasteiger partial charge < -0.3 is 9.52 Å². The lowest BCUT2D eigenvalue weighted by atomic mass is 10.1. The number of hydrogen-bond acceptors (Lipinski definition) is 4. The normalized spacial score (nSPS) is 13.0. The minimum Gasteiger partial charge on any atom is -0.453 e. The van der Waals surface area contributed by atoms with Crippen LogP contribution < -0.4 is 0 Å². The van der Waals surface area contributed by atoms with Crippen molar-refractivity contribution in [1.29, 1.82) is 0 Å². The first-order valence-electron chi connectivity index (χ1n) is 4.91. The molecule has 0 saturated carbocycles. The molecule has 2 rings (SSSR count). The molecule has 0 bridgehead atoms. The third-order valence-electron chi connectivity index (χ3n) is 2.45. The molecule has 16 heavy (non-hydrogen) atoms. The van der Waals surface area contributed by atoms with Gasteiger partial charge in [-0.3, -0.25) is 0 Å². The van der Waals surface area contributed by atoms with Crippen LogP contribution in [0.5, 0.6) is 0 Å². The summed E-state index contributed by atoms with van der Waals surface area (Å²) in [7, 11) is 0. The molecule has 2 heterocycles. The Kier molecular flexibility index (Phi) is 3.33. The summed E-state index contributed by atoms with van der Waals surface area (Å²) in [6.45, 7) is 3.99. The van der Waals surface area contributed by atoms with E-state index in [1.54, 1.807) is 17.4 Å². The highest BCUT2D eigenvalue weighted by Gasteiger charge is 2.16. The lowest BCUT2D eigenvalue weighted by Crippen LogP contribution is -2.00. The van der Waals surface area contributed by atoms with Gasteiger partial charge in [-0.1, -0.05) is 0 Å². The molecule has 0 aromatic carbocycles. The van der Waals surface area contributed by atoms with Gasteiger partial charge in [0, 0.05) is 16.9 Å². The Morgan fingerprint density at radius 3 is 2.81 bits per heavy atom. The van der Waals surface area contributed by atoms with Crippen LogP contribution in [0.1, 0.15) is 27.2 Å². The van der Waals surface area contributed by atoms with E-state index in [9.17, 15) is 5.11 Å². The van der Waals surface area contributed by atoms with Crippen molar-refractivity contribution in [3.63, 3.8) is 0 Å². The Hall–Kier alpha value is -0.840. The summed E-state index contributed by atoms with van der Waals surface area (Å²) in [6, 6.07) is 1.68. The van der Waals surface area contributed by atoms with Crippen LogP contribution in [-0.2, 0) is 6.42 Å². The van der Waals surface area contributed by atoms with Crippen LogP contribution in [0.4, 0.5) is 0 Å². The Balaban J connectivity index is 2.13. The average Bonchev–Trinajstić information content (AvgIpc) is 2.74. The Morgan fingerprint density at radius 2 is 2.31 bits per heavy atom. The highest BCUT2D eigenvalue weighted by molar-refractivity contribution is 7.11. The van der Waals surface area contributed by atoms with Gasteiger partial charge in [0.15, 0.2) is 5.22 Å². The van der Waals surface area contributed by atoms with Crippen LogP contribution >= 0.6 is 22.9 Å². The van der Waals surface area contributed by atoms with Crippen LogP contribution in [0.3, 0.4) is 0 Å². The lowest BCUT2D eigenvalue weighted by Gasteiger charge is -2.05. The fourth-order valence-corrected chi connectivity index (χ4v) is 2.66. The zero-order valence-electron chi connectivity index (χ0n) is 9.03. The summed E-state index contributed by atoms with van der Waals surface area (Å²) in [5, 5.41) is 11.1. The number of aromatic nitrogens is 1. The summed E-state index contributed by atoms with van der Waals surface area (Å²) >= 11 is 7.39. The fourth-order valence-electron chi connectivity index (χ4n) is 1.44. The molecule has 0 amide bonds. The number of hydrogen-bond donors (Lipinski definition) is 1. The maximum Gasteiger partial charge on any atom is 0.198 e. The van der Waals surface area contributed by atoms with E-state index < -0.39 is 6.10 Å². The van der Waals surface area contributed by atoms with Crippen LogP contribution in [-0.4, -0.2) is 10.1 Å². The molecule has 5 heteroatoms. The molecular formula is C11H12ClNO2S. The third-order valence-corrected chi connectivity index (χ3v) is 3.85. The average molecular weight is 258 g/mol. The van der Waals surface area contributed by atoms with E-state index in [-0.39, 0.29) is 5.22 Å². The van der Waals surface area contributed by atoms with Gasteiger partial charge in [-0.2, -0.15) is 0 Å². The molecule has 1 atom stereocenters. The van der Waals surface area contributed by atoms with Crippen molar-refractivity contribution in [2.24, 2.45) is 0 Å². The van der Waals surface area contributed by atoms with E-state index in [1.165, 1.54) is 11.1 Å². The third kappa shape index (κ3) is 2.29. The molecule has 0 aliphatic carbocycles. The predicted molar refractivity (Wildman–Crippen MR) is 64.0 cm³/mol. The number of aryl methyl sites for hydroxylation is 2. The molecule has 1 unspecified atom stereocenters. The second-order valence-corrected chi connectivity index (χ2v) is 5.25. The fraction of sp³-hybridized carbons (Fsp3) is 0.364. The maximum atomic E-state index is 9.97. The number of nitrogens with zero attached hydrogens (tertiary/aromatic N) is 1. The van der Waals surface area contributed by atoms with Crippen molar-refractivity contribution >= 4 is 22.9 Å². The summed E-state index contributed by atoms with van der Waals surface area (Å²) in [5.41, 5.74) is 1.64. The van der Waals surface area contributed by atoms with Gasteiger partial charge in [-0.25, -0.2) is 4.98 Å². The standard InChI is InChI=1S/C11H12ClNO2S/c1-6-7(2)16-10(13-6)5-9(14)8-3-4-15-11(8)12/h3-4,9,14H,5H2,1-2H3. The SMILES string of the molecule is Cc1nc(CC(O)c2ccoc2Cl)sc1C. The minimum atomic E-state index is -0.656. The number of aliphatic hydroxyl groups is 1. The van der Waals surface area contributed by atoms with Crippen molar-refractivity contribution in [1.82, 2.24) is 4.98 Å². The van der Waals surface area contributed by atoms with E-state index in [0.29, 0.717) is 12.0 Å². The van der Waals surface area contributed by atoms with Crippen LogP contribution in [0.15, 0.2) is 16.7 Å². The van der Waals surface area contributed by atoms with Crippen molar-refractivity contribution in [3.8, 4) is 0 Å².